The number of esters is 1. The fraction of sp³-hybridized carbons (Fsp3) is 0.304. The highest BCUT2D eigenvalue weighted by atomic mass is 16.5. The van der Waals surface area contributed by atoms with E-state index in [1.807, 2.05) is 30.5 Å². The lowest BCUT2D eigenvalue weighted by atomic mass is 9.89. The Labute approximate surface area is 180 Å². The molecule has 1 aromatic heterocycles. The minimum absolute atomic E-state index is 0.151. The number of aromatic amines is 1. The maximum atomic E-state index is 12.8. The smallest absolute Gasteiger partial charge is 0.318 e. The number of quaternary nitrogens is 1. The number of carbonyl (C=O) groups is 3. The van der Waals surface area contributed by atoms with Crippen molar-refractivity contribution in [3.63, 3.8) is 0 Å². The maximum absolute atomic E-state index is 12.8. The molecule has 0 radical (unpaired) electrons. The van der Waals surface area contributed by atoms with Crippen LogP contribution in [0.1, 0.15) is 28.3 Å². The average Bonchev–Trinajstić information content (AvgIpc) is 2.89. The first-order chi connectivity index (χ1) is 14.8. The summed E-state index contributed by atoms with van der Waals surface area (Å²) in [6.45, 7) is 1.26. The summed E-state index contributed by atoms with van der Waals surface area (Å²) in [6.07, 6.45) is 4.55. The van der Waals surface area contributed by atoms with Gasteiger partial charge in [0.15, 0.2) is 11.9 Å². The normalized spacial score (nSPS) is 14.6. The van der Waals surface area contributed by atoms with Crippen LogP contribution in [-0.2, 0) is 32.0 Å². The van der Waals surface area contributed by atoms with Gasteiger partial charge in [0.05, 0.1) is 26.0 Å². The Balaban J connectivity index is 0.000000366. The fourth-order valence-electron chi connectivity index (χ4n) is 3.27. The van der Waals surface area contributed by atoms with Crippen LogP contribution < -0.4 is 20.1 Å². The standard InChI is InChI=1S/C19H22N2O2.C4H4O4/c1-21(2)12-13-23-19(22)18-15-7-4-3-6-14(15)9-10-17-16(18)8-5-11-20-17;5-3(6)1-2-4(7)8/h3-8,11,18H,9-10,12-13H2,1-2H3;1-2H,(H,5,6)(H,7,8)/b;2-1+. The van der Waals surface area contributed by atoms with Crippen molar-refractivity contribution in [2.45, 2.75) is 18.8 Å². The van der Waals surface area contributed by atoms with Gasteiger partial charge in [-0.1, -0.05) is 24.3 Å². The van der Waals surface area contributed by atoms with Crippen LogP contribution in [0.15, 0.2) is 54.7 Å². The summed E-state index contributed by atoms with van der Waals surface area (Å²) >= 11 is 0. The molecule has 1 aliphatic rings. The van der Waals surface area contributed by atoms with Gasteiger partial charge in [0.1, 0.15) is 19.1 Å². The van der Waals surface area contributed by atoms with Gasteiger partial charge in [0.2, 0.25) is 0 Å². The molecule has 0 spiro atoms. The Bertz CT molecular complexity index is 891. The number of carboxylic acid groups (broad SMARTS) is 2. The molecule has 3 rings (SSSR count). The largest absolute Gasteiger partial charge is 0.545 e. The second-order valence-corrected chi connectivity index (χ2v) is 7.33. The molecule has 164 valence electrons. The lowest BCUT2D eigenvalue weighted by Gasteiger charge is -2.17. The molecule has 1 aliphatic carbocycles. The molecule has 1 atom stereocenters. The number of H-pyrrole nitrogens is 1. The van der Waals surface area contributed by atoms with Crippen LogP contribution in [0.3, 0.4) is 0 Å². The van der Waals surface area contributed by atoms with E-state index in [0.29, 0.717) is 18.8 Å². The van der Waals surface area contributed by atoms with Crippen LogP contribution in [0.4, 0.5) is 0 Å². The van der Waals surface area contributed by atoms with Crippen molar-refractivity contribution in [3.8, 4) is 0 Å². The minimum Gasteiger partial charge on any atom is -0.545 e. The molecular formula is C23H26N2O6. The molecular weight excluding hydrogens is 400 g/mol. The van der Waals surface area contributed by atoms with Crippen LogP contribution >= 0.6 is 0 Å². The molecule has 2 N–H and O–H groups in total. The monoisotopic (exact) mass is 426 g/mol. The van der Waals surface area contributed by atoms with Gasteiger partial charge < -0.3 is 29.4 Å². The Morgan fingerprint density at radius 2 is 1.68 bits per heavy atom. The number of benzene rings is 1. The lowest BCUT2D eigenvalue weighted by Crippen LogP contribution is -3.06. The zero-order chi connectivity index (χ0) is 22.8. The molecule has 2 aromatic rings. The van der Waals surface area contributed by atoms with E-state index in [4.69, 9.17) is 4.74 Å². The molecule has 8 heteroatoms. The average molecular weight is 426 g/mol. The van der Waals surface area contributed by atoms with Gasteiger partial charge in [-0.05, 0) is 35.8 Å². The van der Waals surface area contributed by atoms with E-state index in [-0.39, 0.29) is 11.9 Å². The Morgan fingerprint density at radius 1 is 1.03 bits per heavy atom. The summed E-state index contributed by atoms with van der Waals surface area (Å²) in [4.78, 5) is 36.2. The van der Waals surface area contributed by atoms with Crippen molar-refractivity contribution in [3.05, 3.63) is 77.1 Å². The topological polar surface area (TPSA) is 125 Å². The molecule has 0 saturated carbocycles. The highest BCUT2D eigenvalue weighted by Crippen LogP contribution is 2.33. The van der Waals surface area contributed by atoms with E-state index in [1.54, 1.807) is 0 Å². The van der Waals surface area contributed by atoms with E-state index in [0.717, 1.165) is 36.2 Å². The second-order valence-electron chi connectivity index (χ2n) is 7.33. The number of hydrogen-bond acceptors (Lipinski definition) is 6. The SMILES string of the molecule is C[NH+](C)CCOC(=O)C1c2ccccc2CCc2[nH+]cccc21.O=C([O-])/C=C/C(=O)[O-]. The third kappa shape index (κ3) is 7.35. The van der Waals surface area contributed by atoms with E-state index >= 15 is 0 Å². The number of carbonyl (C=O) groups excluding carboxylic acids is 3. The van der Waals surface area contributed by atoms with Crippen molar-refractivity contribution < 1.29 is 39.2 Å². The Morgan fingerprint density at radius 3 is 2.32 bits per heavy atom. The van der Waals surface area contributed by atoms with Crippen LogP contribution in [0.5, 0.6) is 0 Å². The fourth-order valence-corrected chi connectivity index (χ4v) is 3.27. The van der Waals surface area contributed by atoms with E-state index in [1.165, 1.54) is 10.5 Å². The van der Waals surface area contributed by atoms with Crippen molar-refractivity contribution in [2.24, 2.45) is 0 Å². The molecule has 8 nitrogen and oxygen atoms in total. The van der Waals surface area contributed by atoms with Gasteiger partial charge in [-0.15, -0.1) is 0 Å². The summed E-state index contributed by atoms with van der Waals surface area (Å²) in [5.74, 6) is -3.58. The third-order valence-electron chi connectivity index (χ3n) is 4.74. The van der Waals surface area contributed by atoms with Crippen molar-refractivity contribution >= 4 is 17.9 Å². The van der Waals surface area contributed by atoms with Gasteiger partial charge in [-0.2, -0.15) is 0 Å². The van der Waals surface area contributed by atoms with Crippen molar-refractivity contribution in [1.82, 2.24) is 0 Å². The second kappa shape index (κ2) is 11.6. The number of ether oxygens (including phenoxy) is 1. The molecule has 31 heavy (non-hydrogen) atoms. The number of fused-ring (bicyclic) bond motifs is 2. The van der Waals surface area contributed by atoms with Crippen LogP contribution in [0.25, 0.3) is 0 Å². The predicted octanol–water partition coefficient (Wildman–Crippen LogP) is -2.54. The quantitative estimate of drug-likeness (QED) is 0.401. The molecule has 1 aromatic carbocycles. The predicted molar refractivity (Wildman–Crippen MR) is 106 cm³/mol. The van der Waals surface area contributed by atoms with Crippen molar-refractivity contribution in [2.75, 3.05) is 27.2 Å². The summed E-state index contributed by atoms with van der Waals surface area (Å²) in [7, 11) is 4.11. The minimum atomic E-state index is -1.55. The summed E-state index contributed by atoms with van der Waals surface area (Å²) in [6, 6.07) is 12.2. The number of carboxylic acids is 2. The third-order valence-corrected chi connectivity index (χ3v) is 4.74. The summed E-state index contributed by atoms with van der Waals surface area (Å²) in [5.41, 5.74) is 4.48. The zero-order valence-corrected chi connectivity index (χ0v) is 17.6. The van der Waals surface area contributed by atoms with E-state index < -0.39 is 11.9 Å². The van der Waals surface area contributed by atoms with Gasteiger partial charge in [0, 0.05) is 18.1 Å². The van der Waals surface area contributed by atoms with Gasteiger partial charge in [-0.25, -0.2) is 4.98 Å². The Kier molecular flexibility index (Phi) is 8.90. The van der Waals surface area contributed by atoms with Crippen LogP contribution in [-0.4, -0.2) is 45.2 Å². The molecule has 0 fully saturated rings. The van der Waals surface area contributed by atoms with E-state index in [9.17, 15) is 24.6 Å². The molecule has 0 amide bonds. The van der Waals surface area contributed by atoms with Crippen molar-refractivity contribution in [1.29, 1.82) is 0 Å². The molecule has 1 unspecified atom stereocenters. The van der Waals surface area contributed by atoms with E-state index in [2.05, 4.69) is 31.2 Å². The first-order valence-corrected chi connectivity index (χ1v) is 9.92. The van der Waals surface area contributed by atoms with Crippen LogP contribution in [0, 0.1) is 0 Å². The zero-order valence-electron chi connectivity index (χ0n) is 17.6. The number of nitrogens with one attached hydrogen (secondary N) is 2. The first-order valence-electron chi connectivity index (χ1n) is 9.92. The molecule has 0 bridgehead atoms. The maximum Gasteiger partial charge on any atom is 0.318 e. The van der Waals surface area contributed by atoms with Crippen LogP contribution in [0.2, 0.25) is 0 Å². The highest BCUT2D eigenvalue weighted by molar-refractivity contribution is 5.87. The van der Waals surface area contributed by atoms with Gasteiger partial charge in [0.25, 0.3) is 0 Å². The number of rotatable bonds is 6. The number of aryl methyl sites for hydroxylation is 2. The number of likely N-dealkylation sites (N-methyl/N-ethyl adjacent to an activating group) is 1. The lowest BCUT2D eigenvalue weighted by molar-refractivity contribution is -0.858. The number of hydrogen-bond donors (Lipinski definition) is 1. The number of aliphatic carboxylic acids is 2. The highest BCUT2D eigenvalue weighted by Gasteiger charge is 2.33. The summed E-state index contributed by atoms with van der Waals surface area (Å²) in [5, 5.41) is 18.8. The Hall–Kier alpha value is -3.52. The molecule has 1 heterocycles. The first kappa shape index (κ1) is 23.8. The van der Waals surface area contributed by atoms with Gasteiger partial charge >= 0.3 is 5.97 Å². The molecule has 0 saturated heterocycles. The molecule has 0 aliphatic heterocycles. The number of pyridine rings is 1. The summed E-state index contributed by atoms with van der Waals surface area (Å²) < 4.78 is 5.59. The number of aromatic nitrogens is 1. The van der Waals surface area contributed by atoms with Gasteiger partial charge in [-0.3, -0.25) is 4.79 Å².